The van der Waals surface area contributed by atoms with Crippen molar-refractivity contribution < 1.29 is 24.3 Å². The van der Waals surface area contributed by atoms with Gasteiger partial charge in [0.15, 0.2) is 16.0 Å². The first-order chi connectivity index (χ1) is 20.5. The van der Waals surface area contributed by atoms with E-state index in [-0.39, 0.29) is 45.5 Å². The number of nitrogens with two attached hydrogens (primary N) is 1. The number of carboxylic acids is 1. The molecule has 0 aliphatic carbocycles. The molecule has 0 radical (unpaired) electrons. The van der Waals surface area contributed by atoms with Gasteiger partial charge in [-0.25, -0.2) is 9.78 Å². The number of thiazole rings is 1. The highest BCUT2D eigenvalue weighted by Gasteiger charge is 2.54. The second kappa shape index (κ2) is 12.6. The molecule has 19 heteroatoms. The molecule has 2 aliphatic rings. The number of benzene rings is 1. The minimum atomic E-state index is -1.32. The number of oxime groups is 1. The fourth-order valence-electron chi connectivity index (χ4n) is 4.10. The van der Waals surface area contributed by atoms with Crippen LogP contribution in [0.2, 0.25) is 5.02 Å². The second-order valence-electron chi connectivity index (χ2n) is 9.02. The normalized spacial score (nSPS) is 18.2. The zero-order valence-corrected chi connectivity index (χ0v) is 25.2. The molecule has 1 saturated heterocycles. The number of aromatic nitrogens is 4. The van der Waals surface area contributed by atoms with Crippen LogP contribution in [0.1, 0.15) is 11.3 Å². The quantitative estimate of drug-likeness (QED) is 0.0771. The van der Waals surface area contributed by atoms with Gasteiger partial charge in [0, 0.05) is 29.0 Å². The van der Waals surface area contributed by atoms with Crippen LogP contribution in [0.5, 0.6) is 0 Å². The lowest BCUT2D eigenvalue weighted by molar-refractivity contribution is -0.150. The monoisotopic (exact) mass is 664 g/mol. The number of aromatic amines is 1. The van der Waals surface area contributed by atoms with Gasteiger partial charge >= 0.3 is 17.1 Å². The predicted octanol–water partition coefficient (Wildman–Crippen LogP) is 0.613. The van der Waals surface area contributed by atoms with E-state index in [9.17, 15) is 29.1 Å². The van der Waals surface area contributed by atoms with Crippen LogP contribution in [0, 0.1) is 0 Å². The third-order valence-corrected chi connectivity index (χ3v) is 9.52. The van der Waals surface area contributed by atoms with Crippen LogP contribution in [0.3, 0.4) is 0 Å². The number of nitrogens with zero attached hydrogens (tertiary/aromatic N) is 5. The van der Waals surface area contributed by atoms with Crippen LogP contribution in [-0.2, 0) is 32.9 Å². The molecule has 1 aromatic carbocycles. The highest BCUT2D eigenvalue weighted by atomic mass is 35.5. The number of nitrogen functional groups attached to an aromatic ring is 1. The van der Waals surface area contributed by atoms with Crippen LogP contribution in [0.15, 0.2) is 60.8 Å². The van der Waals surface area contributed by atoms with Crippen molar-refractivity contribution >= 4 is 75.1 Å². The standard InChI is InChI=1S/C24H21ClN8O7S3/c1-32-24(29-18(35)19(36)30-32)43-8-11-7-41-21-15(20(37)33(21)16(11)22(38)39)28-17(34)14(13-9-42-23(26)27-13)31-40-6-10-2-4-12(25)5-3-10/h2-5,9,15,21H,6-8H2,1H3,(H2,26,27)(H,28,34)(H,30,36)(H,38,39)/t15-,21-/m1/s1. The van der Waals surface area contributed by atoms with Gasteiger partial charge in [-0.3, -0.25) is 33.9 Å². The molecular formula is C24H21ClN8O7S3. The third kappa shape index (κ3) is 6.46. The number of aliphatic carboxylic acids is 1. The predicted molar refractivity (Wildman–Crippen MR) is 160 cm³/mol. The van der Waals surface area contributed by atoms with E-state index in [1.807, 2.05) is 0 Å². The minimum Gasteiger partial charge on any atom is -0.477 e. The Morgan fingerprint density at radius 2 is 2.02 bits per heavy atom. The second-order valence-corrected chi connectivity index (χ2v) is 12.4. The number of hydrogen-bond acceptors (Lipinski definition) is 13. The van der Waals surface area contributed by atoms with Crippen molar-refractivity contribution in [3.8, 4) is 0 Å². The van der Waals surface area contributed by atoms with Crippen molar-refractivity contribution in [1.29, 1.82) is 0 Å². The summed E-state index contributed by atoms with van der Waals surface area (Å²) in [4.78, 5) is 76.1. The molecule has 4 heterocycles. The lowest BCUT2D eigenvalue weighted by Crippen LogP contribution is -2.71. The molecule has 5 rings (SSSR count). The van der Waals surface area contributed by atoms with Gasteiger partial charge in [-0.2, -0.15) is 4.98 Å². The molecule has 0 saturated carbocycles. The van der Waals surface area contributed by atoms with Crippen LogP contribution in [0.4, 0.5) is 5.13 Å². The third-order valence-electron chi connectivity index (χ3n) is 6.14. The van der Waals surface area contributed by atoms with Gasteiger partial charge in [0.2, 0.25) is 0 Å². The smallest absolute Gasteiger partial charge is 0.352 e. The van der Waals surface area contributed by atoms with Crippen LogP contribution in [0.25, 0.3) is 0 Å². The van der Waals surface area contributed by atoms with Crippen molar-refractivity contribution in [2.75, 3.05) is 17.2 Å². The summed E-state index contributed by atoms with van der Waals surface area (Å²) in [6, 6.07) is 5.79. The van der Waals surface area contributed by atoms with Crippen molar-refractivity contribution in [2.24, 2.45) is 12.2 Å². The highest BCUT2D eigenvalue weighted by molar-refractivity contribution is 8.01. The molecule has 224 valence electrons. The summed E-state index contributed by atoms with van der Waals surface area (Å²) in [5.74, 6) is -2.40. The summed E-state index contributed by atoms with van der Waals surface area (Å²) in [7, 11) is 1.49. The Morgan fingerprint density at radius 3 is 2.70 bits per heavy atom. The fourth-order valence-corrected chi connectivity index (χ4v) is 7.18. The molecule has 43 heavy (non-hydrogen) atoms. The molecular weight excluding hydrogens is 644 g/mol. The molecule has 0 spiro atoms. The number of β-lactam (4-membered cyclic amide) rings is 1. The Labute approximate surface area is 259 Å². The van der Waals surface area contributed by atoms with E-state index < -0.39 is 40.3 Å². The van der Waals surface area contributed by atoms with E-state index in [0.29, 0.717) is 10.6 Å². The highest BCUT2D eigenvalue weighted by Crippen LogP contribution is 2.41. The van der Waals surface area contributed by atoms with Gasteiger partial charge in [-0.05, 0) is 23.3 Å². The van der Waals surface area contributed by atoms with Gasteiger partial charge in [0.25, 0.3) is 11.8 Å². The first-order valence-corrected chi connectivity index (χ1v) is 15.5. The maximum absolute atomic E-state index is 13.3. The first-order valence-electron chi connectivity index (χ1n) is 12.2. The summed E-state index contributed by atoms with van der Waals surface area (Å²) in [5, 5.41) is 20.6. The number of aryl methyl sites for hydroxylation is 1. The number of carboxylic acid groups (broad SMARTS) is 1. The number of rotatable bonds is 10. The number of nitrogens with one attached hydrogen (secondary N) is 2. The van der Waals surface area contributed by atoms with Crippen LogP contribution >= 0.6 is 46.5 Å². The molecule has 1 fully saturated rings. The van der Waals surface area contributed by atoms with E-state index in [1.165, 1.54) is 28.9 Å². The van der Waals surface area contributed by atoms with Crippen molar-refractivity contribution in [2.45, 2.75) is 23.2 Å². The van der Waals surface area contributed by atoms with Gasteiger partial charge in [-0.15, -0.1) is 23.1 Å². The summed E-state index contributed by atoms with van der Waals surface area (Å²) in [5.41, 5.74) is 4.77. The van der Waals surface area contributed by atoms with E-state index in [4.69, 9.17) is 22.2 Å². The maximum Gasteiger partial charge on any atom is 0.352 e. The maximum atomic E-state index is 13.3. The van der Waals surface area contributed by atoms with E-state index in [1.54, 1.807) is 24.3 Å². The SMILES string of the molecule is Cn1[nH]c(=O)c(=O)nc1SCC1=C(C(=O)O)N2C(=O)[C@@H](NC(=O)C(=NOCc3ccc(Cl)cc3)c3csc(N)n3)[C@H]2SC1. The number of anilines is 1. The van der Waals surface area contributed by atoms with Gasteiger partial charge in [-0.1, -0.05) is 40.7 Å². The Bertz CT molecular complexity index is 1790. The summed E-state index contributed by atoms with van der Waals surface area (Å²) < 4.78 is 1.25. The molecule has 15 nitrogen and oxygen atoms in total. The summed E-state index contributed by atoms with van der Waals surface area (Å²) >= 11 is 9.29. The first kappa shape index (κ1) is 30.3. The van der Waals surface area contributed by atoms with Crippen molar-refractivity contribution in [1.82, 2.24) is 30.0 Å². The van der Waals surface area contributed by atoms with E-state index in [0.717, 1.165) is 33.6 Å². The number of hydrogen-bond donors (Lipinski definition) is 4. The summed E-state index contributed by atoms with van der Waals surface area (Å²) in [6.45, 7) is 0.0263. The van der Waals surface area contributed by atoms with Gasteiger partial charge in [0.1, 0.15) is 29.4 Å². The van der Waals surface area contributed by atoms with Crippen LogP contribution in [-0.4, -0.2) is 76.2 Å². The van der Waals surface area contributed by atoms with Gasteiger partial charge in [0.05, 0.1) is 0 Å². The fraction of sp³-hybridized carbons (Fsp3) is 0.250. The van der Waals surface area contributed by atoms with Gasteiger partial charge < -0.3 is 21.0 Å². The number of thioether (sulfide) groups is 2. The van der Waals surface area contributed by atoms with E-state index >= 15 is 0 Å². The van der Waals surface area contributed by atoms with Crippen LogP contribution < -0.4 is 22.2 Å². The Kier molecular flexibility index (Phi) is 8.90. The molecule has 2 aromatic heterocycles. The zero-order chi connectivity index (χ0) is 30.8. The van der Waals surface area contributed by atoms with Crippen molar-refractivity contribution in [3.63, 3.8) is 0 Å². The van der Waals surface area contributed by atoms with E-state index in [2.05, 4.69) is 25.5 Å². The largest absolute Gasteiger partial charge is 0.477 e. The summed E-state index contributed by atoms with van der Waals surface area (Å²) in [6.07, 6.45) is 0. The Morgan fingerprint density at radius 1 is 1.28 bits per heavy atom. The molecule has 2 amide bonds. The topological polar surface area (TPSA) is 215 Å². The zero-order valence-electron chi connectivity index (χ0n) is 22.0. The Hall–Kier alpha value is -4.13. The lowest BCUT2D eigenvalue weighted by atomic mass is 10.0. The number of carbonyl (C=O) groups is 3. The Balaban J connectivity index is 1.30. The average Bonchev–Trinajstić information content (AvgIpc) is 3.40. The van der Waals surface area contributed by atoms with Crippen molar-refractivity contribution in [3.05, 3.63) is 77.9 Å². The minimum absolute atomic E-state index is 0.0263. The molecule has 2 aliphatic heterocycles. The number of carbonyl (C=O) groups excluding carboxylic acids is 2. The average molecular weight is 665 g/mol. The molecule has 3 aromatic rings. The number of fused-ring (bicyclic) bond motifs is 1. The molecule has 0 bridgehead atoms. The molecule has 5 N–H and O–H groups in total. The number of amides is 2. The number of H-pyrrole nitrogens is 1. The number of halogens is 1. The molecule has 0 unspecified atom stereocenters. The molecule has 2 atom stereocenters. The lowest BCUT2D eigenvalue weighted by Gasteiger charge is -2.49.